The number of rotatable bonds is 7. The number of nitrogens with zero attached hydrogens (tertiary/aromatic N) is 1. The molecule has 0 saturated carbocycles. The van der Waals surface area contributed by atoms with Crippen LogP contribution >= 0.6 is 23.1 Å². The van der Waals surface area contributed by atoms with Gasteiger partial charge < -0.3 is 5.32 Å². The van der Waals surface area contributed by atoms with Crippen LogP contribution in [0.1, 0.15) is 35.0 Å². The molecule has 0 aliphatic carbocycles. The summed E-state index contributed by atoms with van der Waals surface area (Å²) in [5.41, 5.74) is 2.52. The van der Waals surface area contributed by atoms with Gasteiger partial charge in [0.05, 0.1) is 11.4 Å². The Morgan fingerprint density at radius 2 is 1.90 bits per heavy atom. The molecule has 1 heterocycles. The number of hydrogen-bond donors (Lipinski definition) is 1. The summed E-state index contributed by atoms with van der Waals surface area (Å²) >= 11 is 3.67. The van der Waals surface area contributed by atoms with Crippen LogP contribution in [0.3, 0.4) is 0 Å². The predicted octanol–water partition coefficient (Wildman–Crippen LogP) is 4.80. The van der Waals surface area contributed by atoms with E-state index in [-0.39, 0.29) is 0 Å². The Balaban J connectivity index is 1.82. The second-order valence-corrected chi connectivity index (χ2v) is 8.04. The first kappa shape index (κ1) is 16.5. The highest BCUT2D eigenvalue weighted by Crippen LogP contribution is 2.26. The van der Waals surface area contributed by atoms with Crippen LogP contribution < -0.4 is 5.32 Å². The van der Waals surface area contributed by atoms with Gasteiger partial charge in [0, 0.05) is 16.3 Å². The van der Waals surface area contributed by atoms with Crippen LogP contribution in [-0.2, 0) is 12.3 Å². The highest BCUT2D eigenvalue weighted by molar-refractivity contribution is 7.98. The van der Waals surface area contributed by atoms with Crippen LogP contribution in [0.15, 0.2) is 29.2 Å². The summed E-state index contributed by atoms with van der Waals surface area (Å²) in [4.78, 5) is 7.23. The number of benzene rings is 1. The molecule has 0 saturated heterocycles. The Morgan fingerprint density at radius 3 is 2.48 bits per heavy atom. The van der Waals surface area contributed by atoms with Gasteiger partial charge >= 0.3 is 0 Å². The van der Waals surface area contributed by atoms with Gasteiger partial charge in [-0.3, -0.25) is 0 Å². The summed E-state index contributed by atoms with van der Waals surface area (Å²) in [6.07, 6.45) is 0. The van der Waals surface area contributed by atoms with Gasteiger partial charge in [-0.05, 0) is 44.0 Å². The van der Waals surface area contributed by atoms with Crippen LogP contribution in [0.2, 0.25) is 0 Å². The first-order chi connectivity index (χ1) is 10.0. The highest BCUT2D eigenvalue weighted by Gasteiger charge is 2.04. The van der Waals surface area contributed by atoms with Crippen molar-refractivity contribution in [3.8, 4) is 0 Å². The summed E-state index contributed by atoms with van der Waals surface area (Å²) in [5.74, 6) is 1.66. The summed E-state index contributed by atoms with van der Waals surface area (Å²) in [5, 5.41) is 4.69. The van der Waals surface area contributed by atoms with Gasteiger partial charge in [0.15, 0.2) is 0 Å². The topological polar surface area (TPSA) is 24.9 Å². The van der Waals surface area contributed by atoms with Crippen molar-refractivity contribution in [1.29, 1.82) is 0 Å². The minimum Gasteiger partial charge on any atom is -0.312 e. The van der Waals surface area contributed by atoms with Gasteiger partial charge in [0.1, 0.15) is 5.01 Å². The standard InChI is InChI=1S/C17H24N2S2/c1-12(2)9-18-10-15-5-7-16(8-6-15)20-11-17-19-13(3)14(4)21-17/h5-8,12,18H,9-11H2,1-4H3. The number of nitrogens with one attached hydrogen (secondary N) is 1. The average molecular weight is 321 g/mol. The number of hydrogen-bond acceptors (Lipinski definition) is 4. The lowest BCUT2D eigenvalue weighted by atomic mass is 10.2. The lowest BCUT2D eigenvalue weighted by Gasteiger charge is -2.08. The molecular formula is C17H24N2S2. The van der Waals surface area contributed by atoms with E-state index in [1.54, 1.807) is 0 Å². The first-order valence-corrected chi connectivity index (χ1v) is 9.20. The fraction of sp³-hybridized carbons (Fsp3) is 0.471. The van der Waals surface area contributed by atoms with Crippen LogP contribution in [0, 0.1) is 19.8 Å². The molecule has 0 fully saturated rings. The molecule has 21 heavy (non-hydrogen) atoms. The third-order valence-electron chi connectivity index (χ3n) is 3.24. The predicted molar refractivity (Wildman–Crippen MR) is 94.1 cm³/mol. The molecule has 2 rings (SSSR count). The number of thioether (sulfide) groups is 1. The minimum atomic E-state index is 0.699. The van der Waals surface area contributed by atoms with Crippen molar-refractivity contribution in [2.75, 3.05) is 6.54 Å². The van der Waals surface area contributed by atoms with E-state index in [0.29, 0.717) is 5.92 Å². The zero-order valence-electron chi connectivity index (χ0n) is 13.3. The summed E-state index contributed by atoms with van der Waals surface area (Å²) in [6, 6.07) is 8.86. The Bertz CT molecular complexity index is 539. The quantitative estimate of drug-likeness (QED) is 0.742. The Morgan fingerprint density at radius 1 is 1.19 bits per heavy atom. The van der Waals surface area contributed by atoms with E-state index in [9.17, 15) is 0 Å². The fourth-order valence-corrected chi connectivity index (χ4v) is 3.78. The van der Waals surface area contributed by atoms with Crippen molar-refractivity contribution >= 4 is 23.1 Å². The van der Waals surface area contributed by atoms with E-state index in [1.807, 2.05) is 23.1 Å². The molecule has 0 spiro atoms. The van der Waals surface area contributed by atoms with Crippen molar-refractivity contribution in [3.05, 3.63) is 45.4 Å². The molecular weight excluding hydrogens is 296 g/mol. The molecule has 0 radical (unpaired) electrons. The average Bonchev–Trinajstić information content (AvgIpc) is 2.77. The van der Waals surface area contributed by atoms with E-state index in [4.69, 9.17) is 0 Å². The molecule has 1 aromatic carbocycles. The molecule has 0 unspecified atom stereocenters. The van der Waals surface area contributed by atoms with E-state index < -0.39 is 0 Å². The van der Waals surface area contributed by atoms with Crippen molar-refractivity contribution in [1.82, 2.24) is 10.3 Å². The highest BCUT2D eigenvalue weighted by atomic mass is 32.2. The third-order valence-corrected chi connectivity index (χ3v) is 5.52. The summed E-state index contributed by atoms with van der Waals surface area (Å²) < 4.78 is 0. The molecule has 0 amide bonds. The van der Waals surface area contributed by atoms with Crippen molar-refractivity contribution in [3.63, 3.8) is 0 Å². The monoisotopic (exact) mass is 320 g/mol. The number of aryl methyl sites for hydroxylation is 2. The molecule has 2 nitrogen and oxygen atoms in total. The smallest absolute Gasteiger partial charge is 0.103 e. The molecule has 0 aliphatic rings. The van der Waals surface area contributed by atoms with Gasteiger partial charge in [0.25, 0.3) is 0 Å². The van der Waals surface area contributed by atoms with Crippen LogP contribution in [0.5, 0.6) is 0 Å². The van der Waals surface area contributed by atoms with E-state index >= 15 is 0 Å². The molecule has 2 aromatic rings. The zero-order valence-corrected chi connectivity index (χ0v) is 14.9. The maximum Gasteiger partial charge on any atom is 0.103 e. The lowest BCUT2D eigenvalue weighted by Crippen LogP contribution is -2.18. The second kappa shape index (κ2) is 7.97. The van der Waals surface area contributed by atoms with Gasteiger partial charge in [-0.2, -0.15) is 0 Å². The van der Waals surface area contributed by atoms with Gasteiger partial charge in [-0.15, -0.1) is 23.1 Å². The Hall–Kier alpha value is -0.840. The Labute approximate surface area is 136 Å². The van der Waals surface area contributed by atoms with E-state index in [2.05, 4.69) is 62.3 Å². The van der Waals surface area contributed by atoms with Gasteiger partial charge in [-0.1, -0.05) is 26.0 Å². The molecule has 1 aromatic heterocycles. The third kappa shape index (κ3) is 5.46. The maximum absolute atomic E-state index is 4.59. The molecule has 4 heteroatoms. The lowest BCUT2D eigenvalue weighted by molar-refractivity contribution is 0.552. The second-order valence-electron chi connectivity index (χ2n) is 5.71. The zero-order chi connectivity index (χ0) is 15.2. The fourth-order valence-electron chi connectivity index (χ4n) is 1.95. The maximum atomic E-state index is 4.59. The summed E-state index contributed by atoms with van der Waals surface area (Å²) in [7, 11) is 0. The SMILES string of the molecule is Cc1nc(CSc2ccc(CNCC(C)C)cc2)sc1C. The van der Waals surface area contributed by atoms with Crippen LogP contribution in [0.4, 0.5) is 0 Å². The normalized spacial score (nSPS) is 11.3. The molecule has 0 atom stereocenters. The number of aromatic nitrogens is 1. The Kier molecular flexibility index (Phi) is 6.27. The van der Waals surface area contributed by atoms with Crippen molar-refractivity contribution in [2.24, 2.45) is 5.92 Å². The largest absolute Gasteiger partial charge is 0.312 e. The van der Waals surface area contributed by atoms with Crippen LogP contribution in [0.25, 0.3) is 0 Å². The van der Waals surface area contributed by atoms with E-state index in [0.717, 1.165) is 18.8 Å². The van der Waals surface area contributed by atoms with Gasteiger partial charge in [0.2, 0.25) is 0 Å². The molecule has 0 aliphatic heterocycles. The minimum absolute atomic E-state index is 0.699. The van der Waals surface area contributed by atoms with Gasteiger partial charge in [-0.25, -0.2) is 4.98 Å². The molecule has 114 valence electrons. The number of thiazole rings is 1. The first-order valence-electron chi connectivity index (χ1n) is 7.40. The molecule has 1 N–H and O–H groups in total. The molecule has 0 bridgehead atoms. The summed E-state index contributed by atoms with van der Waals surface area (Å²) in [6.45, 7) is 10.7. The van der Waals surface area contributed by atoms with Crippen molar-refractivity contribution < 1.29 is 0 Å². The van der Waals surface area contributed by atoms with Crippen LogP contribution in [-0.4, -0.2) is 11.5 Å². The van der Waals surface area contributed by atoms with Crippen molar-refractivity contribution in [2.45, 2.75) is 44.9 Å². The van der Waals surface area contributed by atoms with E-state index in [1.165, 1.54) is 26.0 Å².